The summed E-state index contributed by atoms with van der Waals surface area (Å²) in [5.74, 6) is 0. The van der Waals surface area contributed by atoms with Gasteiger partial charge in [-0.2, -0.15) is 0 Å². The number of halogens is 1. The normalized spacial score (nSPS) is 22.0. The van der Waals surface area contributed by atoms with Crippen LogP contribution in [0.15, 0.2) is 41.3 Å². The first kappa shape index (κ1) is 16.1. The smallest absolute Gasteiger partial charge is 0.0664 e. The monoisotopic (exact) mass is 311 g/mol. The summed E-state index contributed by atoms with van der Waals surface area (Å²) in [5, 5.41) is 18.8. The molecule has 0 aliphatic heterocycles. The molecule has 1 aromatic rings. The van der Waals surface area contributed by atoms with Gasteiger partial charge in [-0.15, -0.1) is 0 Å². The van der Waals surface area contributed by atoms with Gasteiger partial charge in [-0.3, -0.25) is 0 Å². The minimum atomic E-state index is -0.619. The number of hydrogen-bond donors (Lipinski definition) is 3. The van der Waals surface area contributed by atoms with Crippen LogP contribution in [0.5, 0.6) is 0 Å². The van der Waals surface area contributed by atoms with Crippen LogP contribution >= 0.6 is 11.6 Å². The Morgan fingerprint density at radius 3 is 2.52 bits per heavy atom. The molecule has 0 spiro atoms. The molecule has 0 saturated carbocycles. The molecule has 1 unspecified atom stereocenters. The molecule has 116 valence electrons. The third-order valence-electron chi connectivity index (χ3n) is 3.71. The Hall–Kier alpha value is -1.27. The minimum absolute atomic E-state index is 0.00790. The number of nitrogens with two attached hydrogens (primary N) is 1. The number of aliphatic hydroxyl groups is 2. The topological polar surface area (TPSA) is 74.7 Å². The molecule has 1 atom stereocenters. The highest BCUT2D eigenvalue weighted by Gasteiger charge is 2.30. The lowest BCUT2D eigenvalue weighted by Gasteiger charge is -2.33. The van der Waals surface area contributed by atoms with Gasteiger partial charge in [0.1, 0.15) is 0 Å². The zero-order chi connectivity index (χ0) is 15.5. The van der Waals surface area contributed by atoms with E-state index in [9.17, 15) is 0 Å². The van der Waals surface area contributed by atoms with Crippen LogP contribution in [0.1, 0.15) is 12.0 Å². The molecule has 0 amide bonds. The summed E-state index contributed by atoms with van der Waals surface area (Å²) in [6.45, 7) is 0.876. The van der Waals surface area contributed by atoms with Gasteiger partial charge in [-0.25, -0.2) is 0 Å². The van der Waals surface area contributed by atoms with E-state index in [1.165, 1.54) is 0 Å². The Balaban J connectivity index is 2.22. The van der Waals surface area contributed by atoms with Gasteiger partial charge < -0.3 is 25.4 Å². The summed E-state index contributed by atoms with van der Waals surface area (Å²) in [6, 6.07) is 1.98. The van der Waals surface area contributed by atoms with Crippen LogP contribution in [0.4, 0.5) is 0 Å². The van der Waals surface area contributed by atoms with Gasteiger partial charge in [0.25, 0.3) is 0 Å². The maximum absolute atomic E-state index is 9.12. The molecule has 5 nitrogen and oxygen atoms in total. The van der Waals surface area contributed by atoms with Gasteiger partial charge in [0.2, 0.25) is 0 Å². The van der Waals surface area contributed by atoms with Crippen LogP contribution in [0.2, 0.25) is 0 Å². The molecule has 0 saturated heterocycles. The summed E-state index contributed by atoms with van der Waals surface area (Å²) in [4.78, 5) is 1.86. The third-order valence-corrected chi connectivity index (χ3v) is 4.01. The summed E-state index contributed by atoms with van der Waals surface area (Å²) in [5.41, 5.74) is 7.66. The van der Waals surface area contributed by atoms with E-state index in [1.54, 1.807) is 0 Å². The first-order valence-electron chi connectivity index (χ1n) is 6.97. The summed E-state index contributed by atoms with van der Waals surface area (Å²) in [6.07, 6.45) is 8.38. The largest absolute Gasteiger partial charge is 0.395 e. The van der Waals surface area contributed by atoms with E-state index in [1.807, 2.05) is 47.1 Å². The SMILES string of the molecule is Cn1ccc(C2(N)C=C(Cl)C(N(CCO)CCO)=CC2)c1. The van der Waals surface area contributed by atoms with Gasteiger partial charge in [-0.1, -0.05) is 17.7 Å². The molecule has 21 heavy (non-hydrogen) atoms. The number of aromatic nitrogens is 1. The van der Waals surface area contributed by atoms with Crippen molar-refractivity contribution in [3.63, 3.8) is 0 Å². The predicted molar refractivity (Wildman–Crippen MR) is 83.7 cm³/mol. The Morgan fingerprint density at radius 1 is 1.38 bits per heavy atom. The predicted octanol–water partition coefficient (Wildman–Crippen LogP) is 0.876. The van der Waals surface area contributed by atoms with Gasteiger partial charge in [0.05, 0.1) is 29.5 Å². The number of aryl methyl sites for hydroxylation is 1. The fourth-order valence-corrected chi connectivity index (χ4v) is 2.97. The molecule has 6 heteroatoms. The van der Waals surface area contributed by atoms with Crippen molar-refractivity contribution < 1.29 is 10.2 Å². The lowest BCUT2D eigenvalue weighted by Crippen LogP contribution is -2.38. The quantitative estimate of drug-likeness (QED) is 0.729. The van der Waals surface area contributed by atoms with Crippen molar-refractivity contribution in [1.82, 2.24) is 9.47 Å². The molecule has 0 radical (unpaired) electrons. The standard InChI is InChI=1S/C15H22ClN3O2/c1-18-5-3-12(11-18)15(17)4-2-14(13(16)10-15)19(6-8-20)7-9-21/h2-3,5,10-11,20-21H,4,6-9,17H2,1H3. The maximum atomic E-state index is 9.12. The second-order valence-electron chi connectivity index (χ2n) is 5.33. The molecular weight excluding hydrogens is 290 g/mol. The van der Waals surface area contributed by atoms with E-state index in [0.29, 0.717) is 24.5 Å². The van der Waals surface area contributed by atoms with E-state index in [4.69, 9.17) is 27.5 Å². The summed E-state index contributed by atoms with van der Waals surface area (Å²) < 4.78 is 1.95. The first-order valence-corrected chi connectivity index (χ1v) is 7.35. The molecule has 0 bridgehead atoms. The second kappa shape index (κ2) is 6.66. The van der Waals surface area contributed by atoms with E-state index in [2.05, 4.69) is 0 Å². The Bertz CT molecular complexity index is 547. The number of nitrogens with zero attached hydrogens (tertiary/aromatic N) is 2. The Kier molecular flexibility index (Phi) is 5.11. The molecule has 4 N–H and O–H groups in total. The number of allylic oxidation sites excluding steroid dienone is 1. The molecule has 0 aromatic carbocycles. The average molecular weight is 312 g/mol. The lowest BCUT2D eigenvalue weighted by molar-refractivity contribution is 0.190. The van der Waals surface area contributed by atoms with Crippen molar-refractivity contribution in [2.75, 3.05) is 26.3 Å². The average Bonchev–Trinajstić information content (AvgIpc) is 2.86. The highest BCUT2D eigenvalue weighted by atomic mass is 35.5. The Labute approximate surface area is 129 Å². The maximum Gasteiger partial charge on any atom is 0.0664 e. The number of rotatable bonds is 6. The second-order valence-corrected chi connectivity index (χ2v) is 5.73. The molecule has 1 aliphatic carbocycles. The summed E-state index contributed by atoms with van der Waals surface area (Å²) >= 11 is 6.39. The third kappa shape index (κ3) is 3.49. The van der Waals surface area contributed by atoms with Crippen molar-refractivity contribution in [3.05, 3.63) is 46.9 Å². The van der Waals surface area contributed by atoms with Crippen molar-refractivity contribution in [3.8, 4) is 0 Å². The van der Waals surface area contributed by atoms with Gasteiger partial charge in [0, 0.05) is 32.5 Å². The van der Waals surface area contributed by atoms with Crippen LogP contribution in [0, 0.1) is 0 Å². The van der Waals surface area contributed by atoms with E-state index >= 15 is 0 Å². The first-order chi connectivity index (χ1) is 10.00. The highest BCUT2D eigenvalue weighted by Crippen LogP contribution is 2.35. The number of aliphatic hydroxyl groups excluding tert-OH is 2. The Morgan fingerprint density at radius 2 is 2.05 bits per heavy atom. The molecule has 2 rings (SSSR count). The van der Waals surface area contributed by atoms with Gasteiger partial charge >= 0.3 is 0 Å². The minimum Gasteiger partial charge on any atom is -0.395 e. The van der Waals surface area contributed by atoms with Gasteiger partial charge in [-0.05, 0) is 24.1 Å². The molecule has 0 fully saturated rings. The van der Waals surface area contributed by atoms with Crippen LogP contribution in [0.25, 0.3) is 0 Å². The van der Waals surface area contributed by atoms with Crippen molar-refractivity contribution in [2.45, 2.75) is 12.0 Å². The van der Waals surface area contributed by atoms with E-state index < -0.39 is 5.54 Å². The van der Waals surface area contributed by atoms with Crippen LogP contribution in [-0.2, 0) is 12.6 Å². The van der Waals surface area contributed by atoms with Crippen LogP contribution in [0.3, 0.4) is 0 Å². The zero-order valence-corrected chi connectivity index (χ0v) is 12.9. The lowest BCUT2D eigenvalue weighted by atomic mass is 9.85. The zero-order valence-electron chi connectivity index (χ0n) is 12.2. The van der Waals surface area contributed by atoms with E-state index in [0.717, 1.165) is 11.3 Å². The van der Waals surface area contributed by atoms with Gasteiger partial charge in [0.15, 0.2) is 0 Å². The fraction of sp³-hybridized carbons (Fsp3) is 0.467. The van der Waals surface area contributed by atoms with Crippen molar-refractivity contribution >= 4 is 11.6 Å². The van der Waals surface area contributed by atoms with Crippen molar-refractivity contribution in [2.24, 2.45) is 12.8 Å². The fourth-order valence-electron chi connectivity index (χ4n) is 2.58. The van der Waals surface area contributed by atoms with Crippen molar-refractivity contribution in [1.29, 1.82) is 0 Å². The number of hydrogen-bond acceptors (Lipinski definition) is 4. The van der Waals surface area contributed by atoms with Crippen LogP contribution in [-0.4, -0.2) is 46.0 Å². The highest BCUT2D eigenvalue weighted by molar-refractivity contribution is 6.32. The molecule has 1 aliphatic rings. The molecule has 1 aromatic heterocycles. The molecule has 1 heterocycles. The summed E-state index contributed by atoms with van der Waals surface area (Å²) in [7, 11) is 1.95. The van der Waals surface area contributed by atoms with E-state index in [-0.39, 0.29) is 13.2 Å². The van der Waals surface area contributed by atoms with Crippen LogP contribution < -0.4 is 5.73 Å². The molecular formula is C15H22ClN3O2.